The first-order valence-corrected chi connectivity index (χ1v) is 7.81. The third-order valence-corrected chi connectivity index (χ3v) is 4.05. The Morgan fingerprint density at radius 1 is 1.42 bits per heavy atom. The van der Waals surface area contributed by atoms with E-state index in [-0.39, 0.29) is 11.0 Å². The molecule has 0 spiro atoms. The third kappa shape index (κ3) is 3.46. The van der Waals surface area contributed by atoms with Crippen LogP contribution < -0.4 is 9.88 Å². The fraction of sp³-hybridized carbons (Fsp3) is 0.538. The van der Waals surface area contributed by atoms with Crippen molar-refractivity contribution in [3.05, 3.63) is 23.3 Å². The lowest BCUT2D eigenvalue weighted by atomic mass is 10.1. The topological polar surface area (TPSA) is 78.6 Å². The molecule has 1 atom stereocenters. The quantitative estimate of drug-likeness (QED) is 0.909. The molecule has 1 aliphatic rings. The summed E-state index contributed by atoms with van der Waals surface area (Å²) in [6.07, 6.45) is 1.99. The smallest absolute Gasteiger partial charge is 0.241 e. The molecule has 106 valence electrons. The van der Waals surface area contributed by atoms with Crippen molar-refractivity contribution in [3.8, 4) is 5.75 Å². The Balaban J connectivity index is 2.27. The second-order valence-electron chi connectivity index (χ2n) is 4.90. The molecule has 2 rings (SSSR count). The van der Waals surface area contributed by atoms with Crippen LogP contribution in [-0.4, -0.2) is 27.7 Å². The molecule has 19 heavy (non-hydrogen) atoms. The average molecular weight is 285 g/mol. The number of sulfonamides is 1. The van der Waals surface area contributed by atoms with Crippen LogP contribution in [0.1, 0.15) is 24.0 Å². The van der Waals surface area contributed by atoms with Crippen LogP contribution in [0.4, 0.5) is 0 Å². The van der Waals surface area contributed by atoms with E-state index < -0.39 is 10.0 Å². The molecule has 0 bridgehead atoms. The molecule has 1 saturated heterocycles. The maximum atomic E-state index is 11.6. The molecule has 0 saturated carbocycles. The summed E-state index contributed by atoms with van der Waals surface area (Å²) in [6.45, 7) is 4.73. The fourth-order valence-corrected chi connectivity index (χ4v) is 3.09. The third-order valence-electron chi connectivity index (χ3n) is 3.13. The number of hydrogen-bond acceptors (Lipinski definition) is 4. The molecule has 0 aromatic heterocycles. The van der Waals surface area contributed by atoms with Gasteiger partial charge >= 0.3 is 0 Å². The molecule has 6 heteroatoms. The Kier molecular flexibility index (Phi) is 4.13. The molecular weight excluding hydrogens is 266 g/mol. The highest BCUT2D eigenvalue weighted by Crippen LogP contribution is 2.29. The highest BCUT2D eigenvalue weighted by Gasteiger charge is 2.21. The molecule has 0 aliphatic carbocycles. The van der Waals surface area contributed by atoms with Gasteiger partial charge < -0.3 is 9.47 Å². The van der Waals surface area contributed by atoms with Gasteiger partial charge in [-0.15, -0.1) is 0 Å². The van der Waals surface area contributed by atoms with Gasteiger partial charge in [-0.3, -0.25) is 0 Å². The van der Waals surface area contributed by atoms with E-state index in [9.17, 15) is 8.42 Å². The van der Waals surface area contributed by atoms with Crippen LogP contribution in [0.5, 0.6) is 5.75 Å². The van der Waals surface area contributed by atoms with E-state index in [1.165, 1.54) is 6.07 Å². The molecule has 1 unspecified atom stereocenters. The van der Waals surface area contributed by atoms with Crippen LogP contribution in [-0.2, 0) is 14.8 Å². The lowest BCUT2D eigenvalue weighted by molar-refractivity contribution is 0.0666. The van der Waals surface area contributed by atoms with Crippen LogP contribution in [0.3, 0.4) is 0 Å². The van der Waals surface area contributed by atoms with Crippen LogP contribution in [0.25, 0.3) is 0 Å². The zero-order valence-corrected chi connectivity index (χ0v) is 12.0. The van der Waals surface area contributed by atoms with E-state index in [4.69, 9.17) is 14.6 Å². The fourth-order valence-electron chi connectivity index (χ4n) is 2.26. The molecule has 1 heterocycles. The van der Waals surface area contributed by atoms with E-state index >= 15 is 0 Å². The highest BCUT2D eigenvalue weighted by molar-refractivity contribution is 7.89. The highest BCUT2D eigenvalue weighted by atomic mass is 32.2. The average Bonchev–Trinajstić information content (AvgIpc) is 2.78. The van der Waals surface area contributed by atoms with Gasteiger partial charge in [-0.05, 0) is 43.9 Å². The molecule has 1 fully saturated rings. The van der Waals surface area contributed by atoms with Gasteiger partial charge in [0.2, 0.25) is 10.0 Å². The Bertz CT molecular complexity index is 562. The van der Waals surface area contributed by atoms with Gasteiger partial charge in [-0.2, -0.15) is 0 Å². The second kappa shape index (κ2) is 5.48. The molecule has 5 nitrogen and oxygen atoms in total. The minimum absolute atomic E-state index is 0.0361. The van der Waals surface area contributed by atoms with Gasteiger partial charge in [0.05, 0.1) is 6.10 Å². The number of primary sulfonamides is 1. The van der Waals surface area contributed by atoms with Gasteiger partial charge in [0, 0.05) is 6.61 Å². The Morgan fingerprint density at radius 2 is 2.16 bits per heavy atom. The SMILES string of the molecule is Cc1cc(C)c(OCC2CCCO2)c(S(N)(=O)=O)c1. The van der Waals surface area contributed by atoms with Crippen LogP contribution in [0.15, 0.2) is 17.0 Å². The first-order chi connectivity index (χ1) is 8.88. The molecule has 1 aromatic rings. The van der Waals surface area contributed by atoms with E-state index in [1.54, 1.807) is 0 Å². The molecule has 2 N–H and O–H groups in total. The summed E-state index contributed by atoms with van der Waals surface area (Å²) in [7, 11) is -3.79. The maximum absolute atomic E-state index is 11.6. The minimum Gasteiger partial charge on any atom is -0.489 e. The summed E-state index contributed by atoms with van der Waals surface area (Å²) in [5.74, 6) is 0.337. The predicted octanol–water partition coefficient (Wildman–Crippen LogP) is 1.51. The second-order valence-corrected chi connectivity index (χ2v) is 6.43. The van der Waals surface area contributed by atoms with Gasteiger partial charge in [0.1, 0.15) is 17.3 Å². The molecule has 0 amide bonds. The first-order valence-electron chi connectivity index (χ1n) is 6.26. The normalized spacial score (nSPS) is 19.6. The van der Waals surface area contributed by atoms with Gasteiger partial charge in [-0.1, -0.05) is 6.07 Å². The maximum Gasteiger partial charge on any atom is 0.241 e. The minimum atomic E-state index is -3.79. The zero-order valence-electron chi connectivity index (χ0n) is 11.2. The van der Waals surface area contributed by atoms with Crippen molar-refractivity contribution in [1.82, 2.24) is 0 Å². The van der Waals surface area contributed by atoms with E-state index in [1.807, 2.05) is 19.9 Å². The molecule has 1 aromatic carbocycles. The molecule has 1 aliphatic heterocycles. The van der Waals surface area contributed by atoms with Crippen molar-refractivity contribution in [2.45, 2.75) is 37.7 Å². The van der Waals surface area contributed by atoms with Crippen molar-refractivity contribution in [2.75, 3.05) is 13.2 Å². The number of hydrogen-bond donors (Lipinski definition) is 1. The largest absolute Gasteiger partial charge is 0.489 e. The Morgan fingerprint density at radius 3 is 2.74 bits per heavy atom. The van der Waals surface area contributed by atoms with Gasteiger partial charge in [-0.25, -0.2) is 13.6 Å². The number of rotatable bonds is 4. The van der Waals surface area contributed by atoms with Crippen molar-refractivity contribution >= 4 is 10.0 Å². The lowest BCUT2D eigenvalue weighted by Gasteiger charge is -2.16. The van der Waals surface area contributed by atoms with Gasteiger partial charge in [0.25, 0.3) is 0 Å². The molecular formula is C13H19NO4S. The first kappa shape index (κ1) is 14.3. The Hall–Kier alpha value is -1.11. The lowest BCUT2D eigenvalue weighted by Crippen LogP contribution is -2.20. The monoisotopic (exact) mass is 285 g/mol. The molecule has 0 radical (unpaired) electrons. The summed E-state index contributed by atoms with van der Waals surface area (Å²) in [5.41, 5.74) is 1.60. The van der Waals surface area contributed by atoms with Crippen molar-refractivity contribution in [1.29, 1.82) is 0 Å². The number of ether oxygens (including phenoxy) is 2. The van der Waals surface area contributed by atoms with Crippen LogP contribution in [0, 0.1) is 13.8 Å². The van der Waals surface area contributed by atoms with Crippen molar-refractivity contribution in [2.24, 2.45) is 5.14 Å². The van der Waals surface area contributed by atoms with Crippen LogP contribution in [0.2, 0.25) is 0 Å². The summed E-state index contributed by atoms with van der Waals surface area (Å²) in [4.78, 5) is 0.0444. The summed E-state index contributed by atoms with van der Waals surface area (Å²) in [6, 6.07) is 3.41. The van der Waals surface area contributed by atoms with E-state index in [2.05, 4.69) is 0 Å². The summed E-state index contributed by atoms with van der Waals surface area (Å²) in [5, 5.41) is 5.24. The zero-order chi connectivity index (χ0) is 14.0. The van der Waals surface area contributed by atoms with Crippen molar-refractivity contribution in [3.63, 3.8) is 0 Å². The van der Waals surface area contributed by atoms with E-state index in [0.29, 0.717) is 12.4 Å². The van der Waals surface area contributed by atoms with E-state index in [0.717, 1.165) is 30.6 Å². The van der Waals surface area contributed by atoms with Gasteiger partial charge in [0.15, 0.2) is 0 Å². The van der Waals surface area contributed by atoms with Crippen LogP contribution >= 0.6 is 0 Å². The number of aryl methyl sites for hydroxylation is 2. The predicted molar refractivity (Wildman–Crippen MR) is 71.8 cm³/mol. The Labute approximate surface area is 113 Å². The standard InChI is InChI=1S/C13H19NO4S/c1-9-6-10(2)13(12(7-9)19(14,15)16)18-8-11-4-3-5-17-11/h6-7,11H,3-5,8H2,1-2H3,(H2,14,15,16). The summed E-state index contributed by atoms with van der Waals surface area (Å²) < 4.78 is 34.3. The number of nitrogens with two attached hydrogens (primary N) is 1. The summed E-state index contributed by atoms with van der Waals surface area (Å²) >= 11 is 0. The number of benzene rings is 1. The van der Waals surface area contributed by atoms with Crippen molar-refractivity contribution < 1.29 is 17.9 Å².